The van der Waals surface area contributed by atoms with Crippen LogP contribution >= 0.6 is 0 Å². The van der Waals surface area contributed by atoms with Crippen LogP contribution < -0.4 is 19.5 Å². The van der Waals surface area contributed by atoms with Crippen LogP contribution in [-0.2, 0) is 6.61 Å². The van der Waals surface area contributed by atoms with Gasteiger partial charge in [-0.05, 0) is 69.2 Å². The zero-order valence-corrected chi connectivity index (χ0v) is 19.2. The summed E-state index contributed by atoms with van der Waals surface area (Å²) in [6.07, 6.45) is 0.918. The van der Waals surface area contributed by atoms with Gasteiger partial charge in [0.05, 0.1) is 31.0 Å². The van der Waals surface area contributed by atoms with Crippen molar-refractivity contribution in [1.82, 2.24) is 10.5 Å². The number of rotatable bonds is 10. The van der Waals surface area contributed by atoms with Crippen molar-refractivity contribution >= 4 is 5.91 Å². The summed E-state index contributed by atoms with van der Waals surface area (Å²) in [5.74, 6) is 2.59. The molecule has 2 aromatic carbocycles. The van der Waals surface area contributed by atoms with Crippen LogP contribution in [0.5, 0.6) is 17.2 Å². The van der Waals surface area contributed by atoms with Gasteiger partial charge in [-0.2, -0.15) is 0 Å². The van der Waals surface area contributed by atoms with Crippen molar-refractivity contribution in [2.75, 3.05) is 13.7 Å². The number of benzene rings is 2. The third-order valence-corrected chi connectivity index (χ3v) is 5.18. The fourth-order valence-corrected chi connectivity index (χ4v) is 3.21. The Bertz CT molecular complexity index is 1020. The molecule has 1 atom stereocenters. The number of aryl methyl sites for hydroxylation is 2. The van der Waals surface area contributed by atoms with Crippen molar-refractivity contribution in [2.45, 2.75) is 46.8 Å². The van der Waals surface area contributed by atoms with Crippen LogP contribution in [-0.4, -0.2) is 24.8 Å². The smallest absolute Gasteiger partial charge is 0.251 e. The van der Waals surface area contributed by atoms with E-state index in [9.17, 15) is 4.79 Å². The summed E-state index contributed by atoms with van der Waals surface area (Å²) in [5, 5.41) is 6.94. The summed E-state index contributed by atoms with van der Waals surface area (Å²) < 4.78 is 22.1. The molecule has 3 rings (SSSR count). The molecule has 1 aromatic heterocycles. The number of ether oxygens (including phenoxy) is 3. The second-order valence-electron chi connectivity index (χ2n) is 7.57. The molecule has 0 saturated heterocycles. The Morgan fingerprint density at radius 3 is 2.47 bits per heavy atom. The van der Waals surface area contributed by atoms with Gasteiger partial charge >= 0.3 is 0 Å². The van der Waals surface area contributed by atoms with Crippen molar-refractivity contribution in [3.8, 4) is 17.2 Å². The van der Waals surface area contributed by atoms with Crippen molar-refractivity contribution in [1.29, 1.82) is 0 Å². The van der Waals surface area contributed by atoms with Gasteiger partial charge in [0.25, 0.3) is 5.91 Å². The maximum Gasteiger partial charge on any atom is 0.251 e. The van der Waals surface area contributed by atoms with Gasteiger partial charge in [-0.15, -0.1) is 0 Å². The molecule has 3 aromatic rings. The number of hydrogen-bond acceptors (Lipinski definition) is 6. The average molecular weight is 439 g/mol. The first-order valence-corrected chi connectivity index (χ1v) is 10.7. The minimum Gasteiger partial charge on any atom is -0.493 e. The molecule has 1 amide bonds. The van der Waals surface area contributed by atoms with E-state index in [1.54, 1.807) is 31.4 Å². The fraction of sp³-hybridized carbons (Fsp3) is 0.360. The third-order valence-electron chi connectivity index (χ3n) is 5.18. The molecule has 7 heteroatoms. The summed E-state index contributed by atoms with van der Waals surface area (Å²) in [6, 6.07) is 12.5. The standard InChI is InChI=1S/C25H30N2O5/c1-6-13-30-23-12-9-20(14-24(23)29-5)16(2)26-25(28)19-7-10-21(11-8-19)31-15-22-17(3)27-32-18(22)4/h7-12,14,16H,6,13,15H2,1-5H3,(H,26,28). The lowest BCUT2D eigenvalue weighted by atomic mass is 10.1. The lowest BCUT2D eigenvalue weighted by molar-refractivity contribution is 0.0939. The van der Waals surface area contributed by atoms with Crippen molar-refractivity contribution < 1.29 is 23.5 Å². The van der Waals surface area contributed by atoms with E-state index < -0.39 is 0 Å². The molecule has 0 spiro atoms. The van der Waals surface area contributed by atoms with E-state index in [0.717, 1.165) is 29.0 Å². The maximum atomic E-state index is 12.7. The predicted octanol–water partition coefficient (Wildman–Crippen LogP) is 5.16. The highest BCUT2D eigenvalue weighted by Crippen LogP contribution is 2.30. The molecule has 7 nitrogen and oxygen atoms in total. The van der Waals surface area contributed by atoms with Gasteiger partial charge in [0.15, 0.2) is 11.5 Å². The van der Waals surface area contributed by atoms with Crippen molar-refractivity contribution in [2.24, 2.45) is 0 Å². The van der Waals surface area contributed by atoms with E-state index in [4.69, 9.17) is 18.7 Å². The molecule has 0 bridgehead atoms. The zero-order chi connectivity index (χ0) is 23.1. The number of aromatic nitrogens is 1. The Kier molecular flexibility index (Phi) is 7.76. The first-order valence-electron chi connectivity index (χ1n) is 10.7. The van der Waals surface area contributed by atoms with Gasteiger partial charge in [0, 0.05) is 5.56 Å². The highest BCUT2D eigenvalue weighted by atomic mass is 16.5. The number of nitrogens with one attached hydrogen (secondary N) is 1. The topological polar surface area (TPSA) is 82.8 Å². The molecule has 0 radical (unpaired) electrons. The predicted molar refractivity (Wildman–Crippen MR) is 121 cm³/mol. The molecular formula is C25H30N2O5. The molecule has 1 N–H and O–H groups in total. The van der Waals surface area contributed by atoms with Crippen LogP contribution in [0.4, 0.5) is 0 Å². The summed E-state index contributed by atoms with van der Waals surface area (Å²) >= 11 is 0. The van der Waals surface area contributed by atoms with E-state index in [1.165, 1.54) is 0 Å². The molecular weight excluding hydrogens is 408 g/mol. The molecule has 1 unspecified atom stereocenters. The lowest BCUT2D eigenvalue weighted by Gasteiger charge is -2.17. The van der Waals surface area contributed by atoms with Crippen molar-refractivity contribution in [3.63, 3.8) is 0 Å². The van der Waals surface area contributed by atoms with E-state index >= 15 is 0 Å². The molecule has 1 heterocycles. The van der Waals surface area contributed by atoms with Crippen LogP contribution in [0, 0.1) is 13.8 Å². The van der Waals surface area contributed by atoms with Crippen LogP contribution in [0.25, 0.3) is 0 Å². The summed E-state index contributed by atoms with van der Waals surface area (Å²) in [4.78, 5) is 12.7. The zero-order valence-electron chi connectivity index (χ0n) is 19.2. The summed E-state index contributed by atoms with van der Waals surface area (Å²) in [5.41, 5.74) is 3.23. The van der Waals surface area contributed by atoms with Gasteiger partial charge in [0.1, 0.15) is 18.1 Å². The Morgan fingerprint density at radius 2 is 1.84 bits per heavy atom. The second-order valence-corrected chi connectivity index (χ2v) is 7.57. The van der Waals surface area contributed by atoms with E-state index in [0.29, 0.717) is 36.0 Å². The first-order chi connectivity index (χ1) is 15.4. The van der Waals surface area contributed by atoms with Gasteiger partial charge in [-0.3, -0.25) is 4.79 Å². The highest BCUT2D eigenvalue weighted by molar-refractivity contribution is 5.94. The average Bonchev–Trinajstić information content (AvgIpc) is 3.13. The Morgan fingerprint density at radius 1 is 1.09 bits per heavy atom. The lowest BCUT2D eigenvalue weighted by Crippen LogP contribution is -2.26. The number of hydrogen-bond donors (Lipinski definition) is 1. The summed E-state index contributed by atoms with van der Waals surface area (Å²) in [7, 11) is 1.61. The normalized spacial score (nSPS) is 11.7. The van der Waals surface area contributed by atoms with Crippen LogP contribution in [0.2, 0.25) is 0 Å². The third kappa shape index (κ3) is 5.60. The number of carbonyl (C=O) groups excluding carboxylic acids is 1. The quantitative estimate of drug-likeness (QED) is 0.471. The van der Waals surface area contributed by atoms with Gasteiger partial charge in [-0.1, -0.05) is 18.1 Å². The summed E-state index contributed by atoms with van der Waals surface area (Å²) in [6.45, 7) is 8.71. The minimum absolute atomic E-state index is 0.167. The number of amides is 1. The van der Waals surface area contributed by atoms with E-state index in [-0.39, 0.29) is 11.9 Å². The van der Waals surface area contributed by atoms with E-state index in [2.05, 4.69) is 17.4 Å². The molecule has 0 aliphatic rings. The molecule has 0 aliphatic heterocycles. The SMILES string of the molecule is CCCOc1ccc(C(C)NC(=O)c2ccc(OCc3c(C)noc3C)cc2)cc1OC. The van der Waals surface area contributed by atoms with Crippen LogP contribution in [0.3, 0.4) is 0 Å². The molecule has 0 aliphatic carbocycles. The Balaban J connectivity index is 1.60. The molecule has 0 saturated carbocycles. The number of methoxy groups -OCH3 is 1. The molecule has 0 fully saturated rings. The van der Waals surface area contributed by atoms with Crippen LogP contribution in [0.1, 0.15) is 59.2 Å². The number of carbonyl (C=O) groups is 1. The fourth-order valence-electron chi connectivity index (χ4n) is 3.21. The number of nitrogens with zero attached hydrogens (tertiary/aromatic N) is 1. The largest absolute Gasteiger partial charge is 0.493 e. The minimum atomic E-state index is -0.202. The first kappa shape index (κ1) is 23.2. The molecule has 32 heavy (non-hydrogen) atoms. The Hall–Kier alpha value is -3.48. The van der Waals surface area contributed by atoms with Crippen molar-refractivity contribution in [3.05, 3.63) is 70.6 Å². The van der Waals surface area contributed by atoms with Gasteiger partial charge in [0.2, 0.25) is 0 Å². The monoisotopic (exact) mass is 438 g/mol. The Labute approximate surface area is 188 Å². The van der Waals surface area contributed by atoms with E-state index in [1.807, 2.05) is 39.0 Å². The van der Waals surface area contributed by atoms with Gasteiger partial charge < -0.3 is 24.1 Å². The molecule has 170 valence electrons. The highest BCUT2D eigenvalue weighted by Gasteiger charge is 2.15. The van der Waals surface area contributed by atoms with Crippen LogP contribution in [0.15, 0.2) is 47.0 Å². The maximum absolute atomic E-state index is 12.7. The van der Waals surface area contributed by atoms with Gasteiger partial charge in [-0.25, -0.2) is 0 Å². The second kappa shape index (κ2) is 10.7.